The van der Waals surface area contributed by atoms with Crippen LogP contribution in [0.25, 0.3) is 77.7 Å². The van der Waals surface area contributed by atoms with Gasteiger partial charge in [-0.1, -0.05) is 146 Å². The van der Waals surface area contributed by atoms with Gasteiger partial charge in [-0.15, -0.1) is 0 Å². The van der Waals surface area contributed by atoms with Gasteiger partial charge < -0.3 is 14.1 Å². The first kappa shape index (κ1) is 31.1. The van der Waals surface area contributed by atoms with E-state index in [2.05, 4.69) is 132 Å². The summed E-state index contributed by atoms with van der Waals surface area (Å²) in [5.41, 5.74) is 11.5. The van der Waals surface area contributed by atoms with Gasteiger partial charge in [-0.3, -0.25) is 0 Å². The van der Waals surface area contributed by atoms with E-state index in [0.717, 1.165) is 100 Å². The zero-order valence-corrected chi connectivity index (χ0v) is 29.6. The molecule has 0 aliphatic carbocycles. The van der Waals surface area contributed by atoms with Crippen LogP contribution in [0.4, 0.5) is 17.1 Å². The Morgan fingerprint density at radius 2 is 1.05 bits per heavy atom. The largest absolute Gasteiger partial charge is 0.454 e. The standard InChI is InChI=1S/C50H31N3O2/c1-3-14-33(15-4-1)41-31-42(52-50(51-41)34-16-5-2-6-17-34)36-19-13-18-35(30-36)32-26-28-37(29-27-32)53-43-23-10-12-25-45(43)55-48-39-21-8-7-20-38(39)46-40-22-9-11-24-44(40)54-49(46)47(48)53/h1-31H. The molecule has 0 unspecified atom stereocenters. The zero-order valence-electron chi connectivity index (χ0n) is 29.6. The van der Waals surface area contributed by atoms with E-state index in [-0.39, 0.29) is 0 Å². The van der Waals surface area contributed by atoms with Crippen LogP contribution in [0.5, 0.6) is 11.5 Å². The summed E-state index contributed by atoms with van der Waals surface area (Å²) in [6.45, 7) is 0. The second-order valence-electron chi connectivity index (χ2n) is 13.8. The van der Waals surface area contributed by atoms with Crippen molar-refractivity contribution in [1.29, 1.82) is 0 Å². The molecule has 0 spiro atoms. The minimum atomic E-state index is 0.698. The molecular formula is C50H31N3O2. The van der Waals surface area contributed by atoms with Crippen LogP contribution in [0.2, 0.25) is 0 Å². The molecule has 0 N–H and O–H groups in total. The summed E-state index contributed by atoms with van der Waals surface area (Å²) >= 11 is 0. The van der Waals surface area contributed by atoms with Crippen molar-refractivity contribution in [2.75, 3.05) is 4.90 Å². The van der Waals surface area contributed by atoms with Crippen LogP contribution >= 0.6 is 0 Å². The third-order valence-electron chi connectivity index (χ3n) is 10.5. The van der Waals surface area contributed by atoms with Crippen LogP contribution in [0.15, 0.2) is 192 Å². The van der Waals surface area contributed by atoms with Crippen molar-refractivity contribution in [1.82, 2.24) is 9.97 Å². The molecule has 5 heteroatoms. The van der Waals surface area contributed by atoms with Crippen LogP contribution in [-0.4, -0.2) is 9.97 Å². The molecule has 0 saturated heterocycles. The summed E-state index contributed by atoms with van der Waals surface area (Å²) in [6, 6.07) is 64.8. The van der Waals surface area contributed by atoms with Gasteiger partial charge in [0.25, 0.3) is 0 Å². The highest BCUT2D eigenvalue weighted by atomic mass is 16.5. The highest BCUT2D eigenvalue weighted by molar-refractivity contribution is 6.25. The van der Waals surface area contributed by atoms with Gasteiger partial charge in [0, 0.05) is 38.5 Å². The molecular weight excluding hydrogens is 675 g/mol. The summed E-state index contributed by atoms with van der Waals surface area (Å²) in [5.74, 6) is 2.28. The fourth-order valence-electron chi connectivity index (χ4n) is 7.87. The lowest BCUT2D eigenvalue weighted by Crippen LogP contribution is -2.16. The Morgan fingerprint density at radius 3 is 1.85 bits per heavy atom. The molecule has 2 aromatic heterocycles. The summed E-state index contributed by atoms with van der Waals surface area (Å²) in [6.07, 6.45) is 0. The smallest absolute Gasteiger partial charge is 0.163 e. The van der Waals surface area contributed by atoms with E-state index >= 15 is 0 Å². The van der Waals surface area contributed by atoms with E-state index in [1.807, 2.05) is 60.7 Å². The molecule has 10 aromatic rings. The molecule has 11 rings (SSSR count). The van der Waals surface area contributed by atoms with E-state index in [0.29, 0.717) is 5.82 Å². The predicted molar refractivity (Wildman–Crippen MR) is 223 cm³/mol. The van der Waals surface area contributed by atoms with E-state index in [4.69, 9.17) is 19.1 Å². The number of anilines is 3. The Hall–Kier alpha value is -7.50. The van der Waals surface area contributed by atoms with Gasteiger partial charge in [0.15, 0.2) is 22.9 Å². The average Bonchev–Trinajstić information content (AvgIpc) is 3.66. The number of furan rings is 1. The molecule has 5 nitrogen and oxygen atoms in total. The minimum Gasteiger partial charge on any atom is -0.454 e. The fraction of sp³-hybridized carbons (Fsp3) is 0. The summed E-state index contributed by atoms with van der Waals surface area (Å²) in [7, 11) is 0. The van der Waals surface area contributed by atoms with Crippen molar-refractivity contribution in [2.45, 2.75) is 0 Å². The molecule has 0 amide bonds. The Labute approximate surface area is 317 Å². The van der Waals surface area contributed by atoms with Gasteiger partial charge in [-0.25, -0.2) is 9.97 Å². The van der Waals surface area contributed by atoms with Gasteiger partial charge in [0.1, 0.15) is 11.3 Å². The van der Waals surface area contributed by atoms with Crippen molar-refractivity contribution >= 4 is 49.8 Å². The molecule has 0 bridgehead atoms. The number of ether oxygens (including phenoxy) is 1. The number of nitrogens with zero attached hydrogens (tertiary/aromatic N) is 3. The third kappa shape index (κ3) is 5.17. The van der Waals surface area contributed by atoms with Gasteiger partial charge in [0.05, 0.1) is 17.1 Å². The highest BCUT2D eigenvalue weighted by Crippen LogP contribution is 2.57. The first-order valence-electron chi connectivity index (χ1n) is 18.4. The number of rotatable bonds is 5. The minimum absolute atomic E-state index is 0.698. The number of aromatic nitrogens is 2. The lowest BCUT2D eigenvalue weighted by atomic mass is 9.98. The van der Waals surface area contributed by atoms with Crippen molar-refractivity contribution < 1.29 is 9.15 Å². The second-order valence-corrected chi connectivity index (χ2v) is 13.8. The van der Waals surface area contributed by atoms with Crippen molar-refractivity contribution in [3.8, 4) is 56.5 Å². The molecule has 258 valence electrons. The fourth-order valence-corrected chi connectivity index (χ4v) is 7.87. The van der Waals surface area contributed by atoms with Gasteiger partial charge in [-0.2, -0.15) is 0 Å². The molecule has 0 radical (unpaired) electrons. The lowest BCUT2D eigenvalue weighted by molar-refractivity contribution is 0.482. The van der Waals surface area contributed by atoms with Crippen LogP contribution in [0, 0.1) is 0 Å². The summed E-state index contributed by atoms with van der Waals surface area (Å²) < 4.78 is 13.5. The lowest BCUT2D eigenvalue weighted by Gasteiger charge is -2.33. The van der Waals surface area contributed by atoms with Crippen molar-refractivity contribution in [3.05, 3.63) is 188 Å². The van der Waals surface area contributed by atoms with Crippen molar-refractivity contribution in [2.24, 2.45) is 0 Å². The number of hydrogen-bond donors (Lipinski definition) is 0. The first-order valence-corrected chi connectivity index (χ1v) is 18.4. The van der Waals surface area contributed by atoms with E-state index in [1.54, 1.807) is 0 Å². The molecule has 3 heterocycles. The molecule has 0 fully saturated rings. The van der Waals surface area contributed by atoms with E-state index in [1.165, 1.54) is 0 Å². The Morgan fingerprint density at radius 1 is 0.436 bits per heavy atom. The van der Waals surface area contributed by atoms with Crippen LogP contribution < -0.4 is 9.64 Å². The summed E-state index contributed by atoms with van der Waals surface area (Å²) in [5, 5.41) is 4.31. The van der Waals surface area contributed by atoms with Crippen LogP contribution in [0.1, 0.15) is 0 Å². The monoisotopic (exact) mass is 705 g/mol. The average molecular weight is 706 g/mol. The zero-order chi connectivity index (χ0) is 36.3. The maximum Gasteiger partial charge on any atom is 0.163 e. The Bertz CT molecular complexity index is 3010. The molecule has 8 aromatic carbocycles. The molecule has 1 aliphatic rings. The Balaban J connectivity index is 1.03. The van der Waals surface area contributed by atoms with Crippen LogP contribution in [-0.2, 0) is 0 Å². The molecule has 0 saturated carbocycles. The number of benzene rings is 8. The maximum atomic E-state index is 6.76. The Kier molecular flexibility index (Phi) is 7.10. The van der Waals surface area contributed by atoms with Gasteiger partial charge >= 0.3 is 0 Å². The quantitative estimate of drug-likeness (QED) is 0.178. The normalized spacial score (nSPS) is 12.1. The van der Waals surface area contributed by atoms with Gasteiger partial charge in [-0.05, 0) is 59.0 Å². The first-order chi connectivity index (χ1) is 27.3. The molecule has 0 atom stereocenters. The van der Waals surface area contributed by atoms with Gasteiger partial charge in [0.2, 0.25) is 0 Å². The van der Waals surface area contributed by atoms with E-state index < -0.39 is 0 Å². The third-order valence-corrected chi connectivity index (χ3v) is 10.5. The van der Waals surface area contributed by atoms with E-state index in [9.17, 15) is 0 Å². The van der Waals surface area contributed by atoms with Crippen LogP contribution in [0.3, 0.4) is 0 Å². The predicted octanol–water partition coefficient (Wildman–Crippen LogP) is 13.8. The SMILES string of the molecule is c1ccc(-c2cc(-c3cccc(-c4ccc(N5c6ccccc6Oc6c5c5oc7ccccc7c5c5ccccc65)cc4)c3)nc(-c3ccccc3)n2)cc1. The molecule has 1 aliphatic heterocycles. The highest BCUT2D eigenvalue weighted by Gasteiger charge is 2.32. The topological polar surface area (TPSA) is 51.4 Å². The summed E-state index contributed by atoms with van der Waals surface area (Å²) in [4.78, 5) is 12.3. The maximum absolute atomic E-state index is 6.76. The second kappa shape index (κ2) is 12.6. The number of fused-ring (bicyclic) bond motifs is 9. The molecule has 55 heavy (non-hydrogen) atoms. The number of para-hydroxylation sites is 3. The number of hydrogen-bond acceptors (Lipinski definition) is 5. The van der Waals surface area contributed by atoms with Crippen molar-refractivity contribution in [3.63, 3.8) is 0 Å².